The van der Waals surface area contributed by atoms with E-state index >= 15 is 0 Å². The van der Waals surface area contributed by atoms with Gasteiger partial charge in [0.2, 0.25) is 0 Å². The molecule has 0 saturated carbocycles. The van der Waals surface area contributed by atoms with Gasteiger partial charge in [-0.2, -0.15) is 5.10 Å². The highest BCUT2D eigenvalue weighted by Crippen LogP contribution is 2.31. The smallest absolute Gasteiger partial charge is 0.315 e. The summed E-state index contributed by atoms with van der Waals surface area (Å²) in [6.45, 7) is 3.22. The number of urea groups is 1. The van der Waals surface area contributed by atoms with Gasteiger partial charge in [-0.15, -0.1) is 0 Å². The highest BCUT2D eigenvalue weighted by atomic mass is 16.5. The van der Waals surface area contributed by atoms with Crippen LogP contribution in [0.1, 0.15) is 24.9 Å². The van der Waals surface area contributed by atoms with Gasteiger partial charge in [-0.1, -0.05) is 18.2 Å². The summed E-state index contributed by atoms with van der Waals surface area (Å²) in [6.07, 6.45) is 4.38. The Hall–Kier alpha value is -2.50. The first-order valence-electron chi connectivity index (χ1n) is 7.48. The number of hydrogen-bond acceptors (Lipinski definition) is 3. The van der Waals surface area contributed by atoms with Gasteiger partial charge in [0.25, 0.3) is 0 Å². The lowest BCUT2D eigenvalue weighted by Crippen LogP contribution is -2.44. The van der Waals surface area contributed by atoms with Crippen molar-refractivity contribution in [2.24, 2.45) is 0 Å². The number of carbonyl (C=O) groups is 1. The molecule has 6 heteroatoms. The second-order valence-electron chi connectivity index (χ2n) is 5.47. The summed E-state index contributed by atoms with van der Waals surface area (Å²) in [5.74, 6) is 0.851. The third-order valence-corrected chi connectivity index (χ3v) is 3.66. The fraction of sp³-hybridized carbons (Fsp3) is 0.375. The van der Waals surface area contributed by atoms with Gasteiger partial charge in [-0.3, -0.25) is 4.68 Å². The second-order valence-corrected chi connectivity index (χ2v) is 5.47. The third-order valence-electron chi connectivity index (χ3n) is 3.66. The molecule has 0 saturated heterocycles. The number of rotatable bonds is 4. The van der Waals surface area contributed by atoms with Crippen LogP contribution in [-0.2, 0) is 6.54 Å². The molecule has 2 heterocycles. The first-order chi connectivity index (χ1) is 10.7. The molecule has 1 aliphatic rings. The van der Waals surface area contributed by atoms with E-state index in [2.05, 4.69) is 15.7 Å². The van der Waals surface area contributed by atoms with Crippen LogP contribution in [-0.4, -0.2) is 28.5 Å². The Kier molecular flexibility index (Phi) is 4.27. The summed E-state index contributed by atoms with van der Waals surface area (Å²) < 4.78 is 7.40. The molecule has 0 spiro atoms. The summed E-state index contributed by atoms with van der Waals surface area (Å²) in [4.78, 5) is 12.2. The van der Waals surface area contributed by atoms with Crippen LogP contribution in [0.2, 0.25) is 0 Å². The van der Waals surface area contributed by atoms with Crippen molar-refractivity contribution in [3.63, 3.8) is 0 Å². The maximum atomic E-state index is 12.2. The van der Waals surface area contributed by atoms with E-state index in [0.29, 0.717) is 13.2 Å². The fourth-order valence-electron chi connectivity index (χ4n) is 2.65. The van der Waals surface area contributed by atoms with Gasteiger partial charge in [-0.25, -0.2) is 4.79 Å². The monoisotopic (exact) mass is 300 g/mol. The highest BCUT2D eigenvalue weighted by Gasteiger charge is 2.22. The molecule has 1 aromatic carbocycles. The van der Waals surface area contributed by atoms with E-state index < -0.39 is 0 Å². The quantitative estimate of drug-likeness (QED) is 0.908. The zero-order chi connectivity index (χ0) is 15.4. The summed E-state index contributed by atoms with van der Waals surface area (Å²) in [7, 11) is 0. The Labute approximate surface area is 129 Å². The minimum Gasteiger partial charge on any atom is -0.493 e. The molecule has 116 valence electrons. The van der Waals surface area contributed by atoms with Gasteiger partial charge in [-0.05, 0) is 19.1 Å². The molecule has 0 radical (unpaired) electrons. The van der Waals surface area contributed by atoms with Crippen LogP contribution in [0.15, 0.2) is 42.7 Å². The first-order valence-corrected chi connectivity index (χ1v) is 7.48. The summed E-state index contributed by atoms with van der Waals surface area (Å²) in [5.41, 5.74) is 1.03. The van der Waals surface area contributed by atoms with E-state index in [1.54, 1.807) is 10.9 Å². The van der Waals surface area contributed by atoms with Gasteiger partial charge in [0.15, 0.2) is 0 Å². The maximum Gasteiger partial charge on any atom is 0.315 e. The van der Waals surface area contributed by atoms with Crippen molar-refractivity contribution in [3.8, 4) is 5.75 Å². The molecule has 0 bridgehead atoms. The van der Waals surface area contributed by atoms with E-state index in [0.717, 1.165) is 17.7 Å². The Morgan fingerprint density at radius 1 is 1.45 bits per heavy atom. The van der Waals surface area contributed by atoms with Crippen LogP contribution >= 0.6 is 0 Å². The van der Waals surface area contributed by atoms with Crippen molar-refractivity contribution in [1.29, 1.82) is 0 Å². The lowest BCUT2D eigenvalue weighted by molar-refractivity contribution is 0.219. The lowest BCUT2D eigenvalue weighted by atomic mass is 10.0. The zero-order valence-electron chi connectivity index (χ0n) is 12.5. The molecule has 1 aromatic heterocycles. The van der Waals surface area contributed by atoms with Crippen LogP contribution in [0.5, 0.6) is 5.75 Å². The molecule has 0 fully saturated rings. The average molecular weight is 300 g/mol. The number of hydrogen-bond donors (Lipinski definition) is 2. The fourth-order valence-corrected chi connectivity index (χ4v) is 2.65. The molecule has 2 amide bonds. The Morgan fingerprint density at radius 2 is 2.32 bits per heavy atom. The van der Waals surface area contributed by atoms with E-state index in [4.69, 9.17) is 4.74 Å². The molecule has 6 nitrogen and oxygen atoms in total. The third kappa shape index (κ3) is 3.39. The number of ether oxygens (including phenoxy) is 1. The number of aromatic nitrogens is 2. The number of amides is 2. The molecular formula is C16H20N4O2. The van der Waals surface area contributed by atoms with Gasteiger partial charge in [0.05, 0.1) is 19.2 Å². The van der Waals surface area contributed by atoms with Crippen molar-refractivity contribution in [2.75, 3.05) is 6.61 Å². The maximum absolute atomic E-state index is 12.2. The minimum absolute atomic E-state index is 0.00464. The SMILES string of the molecule is C[C@H](Cn1cccn1)NC(=O)N[C@@H]1CCOc2ccccc21. The number of benzene rings is 1. The molecule has 0 unspecified atom stereocenters. The van der Waals surface area contributed by atoms with Gasteiger partial charge < -0.3 is 15.4 Å². The average Bonchev–Trinajstić information content (AvgIpc) is 3.00. The largest absolute Gasteiger partial charge is 0.493 e. The number of para-hydroxylation sites is 1. The van der Waals surface area contributed by atoms with Crippen molar-refractivity contribution in [3.05, 3.63) is 48.3 Å². The molecule has 1 aliphatic heterocycles. The van der Waals surface area contributed by atoms with Gasteiger partial charge in [0, 0.05) is 30.4 Å². The predicted molar refractivity (Wildman–Crippen MR) is 82.7 cm³/mol. The Balaban J connectivity index is 1.56. The van der Waals surface area contributed by atoms with Crippen molar-refractivity contribution in [1.82, 2.24) is 20.4 Å². The molecule has 22 heavy (non-hydrogen) atoms. The summed E-state index contributed by atoms with van der Waals surface area (Å²) >= 11 is 0. The van der Waals surface area contributed by atoms with Crippen LogP contribution in [0.3, 0.4) is 0 Å². The molecular weight excluding hydrogens is 280 g/mol. The number of nitrogens with zero attached hydrogens (tertiary/aromatic N) is 2. The Morgan fingerprint density at radius 3 is 3.14 bits per heavy atom. The first kappa shape index (κ1) is 14.4. The molecule has 2 N–H and O–H groups in total. The van der Waals surface area contributed by atoms with E-state index in [1.807, 2.05) is 43.5 Å². The molecule has 2 aromatic rings. The topological polar surface area (TPSA) is 68.2 Å². The highest BCUT2D eigenvalue weighted by molar-refractivity contribution is 5.75. The van der Waals surface area contributed by atoms with Crippen LogP contribution in [0.4, 0.5) is 4.79 Å². The molecule has 0 aliphatic carbocycles. The number of fused-ring (bicyclic) bond motifs is 1. The van der Waals surface area contributed by atoms with E-state index in [9.17, 15) is 4.79 Å². The predicted octanol–water partition coefficient (Wildman–Crippen LogP) is 2.09. The minimum atomic E-state index is -0.165. The van der Waals surface area contributed by atoms with Crippen molar-refractivity contribution >= 4 is 6.03 Å². The zero-order valence-corrected chi connectivity index (χ0v) is 12.5. The van der Waals surface area contributed by atoms with E-state index in [1.165, 1.54) is 0 Å². The van der Waals surface area contributed by atoms with Crippen LogP contribution in [0, 0.1) is 0 Å². The normalized spacial score (nSPS) is 18.0. The molecule has 2 atom stereocenters. The summed E-state index contributed by atoms with van der Waals surface area (Å²) in [5, 5.41) is 10.1. The molecule has 3 rings (SSSR count). The number of nitrogens with one attached hydrogen (secondary N) is 2. The second kappa shape index (κ2) is 6.51. The van der Waals surface area contributed by atoms with Gasteiger partial charge >= 0.3 is 6.03 Å². The standard InChI is InChI=1S/C16H20N4O2/c1-12(11-20-9-4-8-17-20)18-16(21)19-14-7-10-22-15-6-3-2-5-13(14)15/h2-6,8-9,12,14H,7,10-11H2,1H3,(H2,18,19,21)/t12-,14-/m1/s1. The van der Waals surface area contributed by atoms with E-state index in [-0.39, 0.29) is 18.1 Å². The van der Waals surface area contributed by atoms with Crippen molar-refractivity contribution in [2.45, 2.75) is 32.0 Å². The van der Waals surface area contributed by atoms with Crippen LogP contribution < -0.4 is 15.4 Å². The lowest BCUT2D eigenvalue weighted by Gasteiger charge is -2.27. The summed E-state index contributed by atoms with van der Waals surface area (Å²) in [6, 6.07) is 9.51. The van der Waals surface area contributed by atoms with Gasteiger partial charge in [0.1, 0.15) is 5.75 Å². The Bertz CT molecular complexity index is 627. The number of carbonyl (C=O) groups excluding carboxylic acids is 1. The van der Waals surface area contributed by atoms with Crippen LogP contribution in [0.25, 0.3) is 0 Å². The van der Waals surface area contributed by atoms with Crippen molar-refractivity contribution < 1.29 is 9.53 Å².